The van der Waals surface area contributed by atoms with Crippen molar-refractivity contribution in [1.82, 2.24) is 28.1 Å². The van der Waals surface area contributed by atoms with Gasteiger partial charge in [0.2, 0.25) is 21.7 Å². The molecule has 9 nitrogen and oxygen atoms in total. The summed E-state index contributed by atoms with van der Waals surface area (Å²) < 4.78 is 41.6. The van der Waals surface area contributed by atoms with Crippen LogP contribution in [0, 0.1) is 0 Å². The third-order valence-electron chi connectivity index (χ3n) is 5.65. The van der Waals surface area contributed by atoms with Crippen LogP contribution in [0.3, 0.4) is 0 Å². The third-order valence-corrected chi connectivity index (χ3v) is 8.12. The predicted octanol–water partition coefficient (Wildman–Crippen LogP) is 2.81. The van der Waals surface area contributed by atoms with Crippen molar-refractivity contribution in [1.29, 1.82) is 0 Å². The van der Waals surface area contributed by atoms with Crippen LogP contribution in [0.25, 0.3) is 22.4 Å². The summed E-state index contributed by atoms with van der Waals surface area (Å²) in [6, 6.07) is 13.2. The molecule has 2 aromatic heterocycles. The number of nitrogens with zero attached hydrogens (tertiary/aromatic N) is 6. The van der Waals surface area contributed by atoms with Crippen LogP contribution in [0.5, 0.6) is 0 Å². The molecule has 1 aliphatic rings. The van der Waals surface area contributed by atoms with E-state index in [0.29, 0.717) is 55.5 Å². The smallest absolute Gasteiger partial charge is 0.245 e. The molecule has 3 heterocycles. The molecule has 5 rings (SSSR count). The van der Waals surface area contributed by atoms with Crippen molar-refractivity contribution < 1.29 is 12.9 Å². The van der Waals surface area contributed by atoms with Crippen molar-refractivity contribution in [2.75, 3.05) is 26.2 Å². The third kappa shape index (κ3) is 4.04. The largest absolute Gasteiger partial charge is 0.338 e. The molecule has 32 heavy (non-hydrogen) atoms. The lowest BCUT2D eigenvalue weighted by Gasteiger charge is -2.33. The maximum atomic E-state index is 13.2. The van der Waals surface area contributed by atoms with Crippen LogP contribution in [0.4, 0.5) is 0 Å². The van der Waals surface area contributed by atoms with Gasteiger partial charge in [-0.1, -0.05) is 42.4 Å². The van der Waals surface area contributed by atoms with Crippen molar-refractivity contribution in [3.63, 3.8) is 0 Å². The Hall–Kier alpha value is -2.73. The van der Waals surface area contributed by atoms with Crippen LogP contribution in [0.15, 0.2) is 51.9 Å². The van der Waals surface area contributed by atoms with E-state index in [9.17, 15) is 8.42 Å². The zero-order chi connectivity index (χ0) is 22.1. The van der Waals surface area contributed by atoms with Crippen molar-refractivity contribution in [3.8, 4) is 11.4 Å². The molecule has 1 aliphatic heterocycles. The highest BCUT2D eigenvalue weighted by atomic mass is 32.2. The van der Waals surface area contributed by atoms with Crippen LogP contribution in [-0.2, 0) is 23.0 Å². The van der Waals surface area contributed by atoms with E-state index in [1.54, 1.807) is 18.2 Å². The molecule has 0 bridgehead atoms. The van der Waals surface area contributed by atoms with Gasteiger partial charge in [-0.3, -0.25) is 4.90 Å². The van der Waals surface area contributed by atoms with Crippen LogP contribution in [0.2, 0.25) is 0 Å². The number of rotatable bonds is 6. The number of hydrogen-bond acceptors (Lipinski definition) is 9. The lowest BCUT2D eigenvalue weighted by Crippen LogP contribution is -2.48. The molecule has 4 aromatic rings. The van der Waals surface area contributed by atoms with Crippen LogP contribution < -0.4 is 0 Å². The van der Waals surface area contributed by atoms with Crippen molar-refractivity contribution in [3.05, 3.63) is 53.9 Å². The lowest BCUT2D eigenvalue weighted by molar-refractivity contribution is 0.163. The fourth-order valence-corrected chi connectivity index (χ4v) is 5.95. The molecule has 0 radical (unpaired) electrons. The maximum Gasteiger partial charge on any atom is 0.245 e. The van der Waals surface area contributed by atoms with Gasteiger partial charge in [-0.15, -0.1) is 0 Å². The van der Waals surface area contributed by atoms with Gasteiger partial charge in [0.15, 0.2) is 0 Å². The summed E-state index contributed by atoms with van der Waals surface area (Å²) in [7, 11) is -3.63. The second kappa shape index (κ2) is 8.66. The van der Waals surface area contributed by atoms with Gasteiger partial charge in [0.25, 0.3) is 0 Å². The number of sulfonamides is 1. The van der Waals surface area contributed by atoms with E-state index in [-0.39, 0.29) is 4.90 Å². The molecule has 1 fully saturated rings. The van der Waals surface area contributed by atoms with E-state index in [1.165, 1.54) is 9.87 Å². The molecule has 0 N–H and O–H groups in total. The van der Waals surface area contributed by atoms with Crippen molar-refractivity contribution in [2.45, 2.75) is 24.8 Å². The van der Waals surface area contributed by atoms with Crippen LogP contribution >= 0.6 is 11.7 Å². The second-order valence-corrected chi connectivity index (χ2v) is 10.1. The van der Waals surface area contributed by atoms with Crippen LogP contribution in [0.1, 0.15) is 18.4 Å². The lowest BCUT2D eigenvalue weighted by atomic mass is 10.1. The molecule has 0 atom stereocenters. The molecule has 0 spiro atoms. The molecule has 0 saturated carbocycles. The van der Waals surface area contributed by atoms with Crippen LogP contribution in [-0.4, -0.2) is 62.7 Å². The second-order valence-electron chi connectivity index (χ2n) is 7.63. The normalized spacial score (nSPS) is 16.0. The summed E-state index contributed by atoms with van der Waals surface area (Å²) in [5.74, 6) is 1.09. The first-order valence-electron chi connectivity index (χ1n) is 10.4. The first-order chi connectivity index (χ1) is 15.5. The number of hydrogen-bond donors (Lipinski definition) is 0. The average Bonchev–Trinajstić information content (AvgIpc) is 3.49. The maximum absolute atomic E-state index is 13.2. The predicted molar refractivity (Wildman–Crippen MR) is 121 cm³/mol. The van der Waals surface area contributed by atoms with Crippen molar-refractivity contribution >= 4 is 32.8 Å². The Morgan fingerprint density at radius 3 is 2.56 bits per heavy atom. The Morgan fingerprint density at radius 1 is 1.03 bits per heavy atom. The van der Waals surface area contributed by atoms with Gasteiger partial charge in [0, 0.05) is 31.7 Å². The fourth-order valence-electron chi connectivity index (χ4n) is 3.77. The minimum Gasteiger partial charge on any atom is -0.338 e. The number of piperazine rings is 1. The summed E-state index contributed by atoms with van der Waals surface area (Å²) in [5.41, 5.74) is 3.21. The molecular weight excluding hydrogens is 448 g/mol. The van der Waals surface area contributed by atoms with Gasteiger partial charge in [0.05, 0.1) is 18.3 Å². The molecular formula is C21H22N6O3S2. The first kappa shape index (κ1) is 21.1. The molecule has 0 amide bonds. The standard InChI is InChI=1S/C21H22N6O3S2/c1-2-15-6-8-16(9-7-15)21-22-19(30-23-21)14-26-10-12-27(13-11-26)32(28,29)18-5-3-4-17-20(18)25-31-24-17/h3-9H,2,10-14H2,1H3. The molecule has 166 valence electrons. The van der Waals surface area contributed by atoms with Gasteiger partial charge in [-0.05, 0) is 24.1 Å². The van der Waals surface area contributed by atoms with Gasteiger partial charge in [-0.25, -0.2) is 8.42 Å². The Labute approximate surface area is 190 Å². The average molecular weight is 471 g/mol. The van der Waals surface area contributed by atoms with E-state index in [0.717, 1.165) is 23.7 Å². The minimum absolute atomic E-state index is 0.216. The van der Waals surface area contributed by atoms with E-state index in [1.807, 2.05) is 12.1 Å². The summed E-state index contributed by atoms with van der Waals surface area (Å²) in [6.07, 6.45) is 0.981. The van der Waals surface area contributed by atoms with E-state index in [4.69, 9.17) is 4.52 Å². The SMILES string of the molecule is CCc1ccc(-c2noc(CN3CCN(S(=O)(=O)c4cccc5nsnc45)CC3)n2)cc1. The van der Waals surface area contributed by atoms with E-state index < -0.39 is 10.0 Å². The van der Waals surface area contributed by atoms with Gasteiger partial charge < -0.3 is 4.52 Å². The van der Waals surface area contributed by atoms with Gasteiger partial charge >= 0.3 is 0 Å². The topological polar surface area (TPSA) is 105 Å². The minimum atomic E-state index is -3.63. The molecule has 0 unspecified atom stereocenters. The summed E-state index contributed by atoms with van der Waals surface area (Å²) in [4.78, 5) is 6.84. The Bertz CT molecular complexity index is 1330. The number of benzene rings is 2. The Balaban J connectivity index is 1.23. The molecule has 0 aliphatic carbocycles. The summed E-state index contributed by atoms with van der Waals surface area (Å²) >= 11 is 1.02. The zero-order valence-electron chi connectivity index (χ0n) is 17.5. The Kier molecular flexibility index (Phi) is 5.72. The van der Waals surface area contributed by atoms with Crippen molar-refractivity contribution in [2.24, 2.45) is 0 Å². The Morgan fingerprint density at radius 2 is 1.81 bits per heavy atom. The number of aryl methyl sites for hydroxylation is 1. The highest BCUT2D eigenvalue weighted by Crippen LogP contribution is 2.25. The molecule has 11 heteroatoms. The highest BCUT2D eigenvalue weighted by molar-refractivity contribution is 7.89. The van der Waals surface area contributed by atoms with Gasteiger partial charge in [-0.2, -0.15) is 18.0 Å². The van der Waals surface area contributed by atoms with E-state index in [2.05, 4.69) is 42.8 Å². The summed E-state index contributed by atoms with van der Waals surface area (Å²) in [5, 5.41) is 4.09. The van der Waals surface area contributed by atoms with E-state index >= 15 is 0 Å². The molecule has 1 saturated heterocycles. The highest BCUT2D eigenvalue weighted by Gasteiger charge is 2.31. The summed E-state index contributed by atoms with van der Waals surface area (Å²) in [6.45, 7) is 4.52. The number of fused-ring (bicyclic) bond motifs is 1. The quantitative estimate of drug-likeness (QED) is 0.424. The number of aromatic nitrogens is 4. The zero-order valence-corrected chi connectivity index (χ0v) is 19.1. The van der Waals surface area contributed by atoms with Gasteiger partial charge in [0.1, 0.15) is 15.9 Å². The molecule has 2 aromatic carbocycles. The first-order valence-corrected chi connectivity index (χ1v) is 12.6. The monoisotopic (exact) mass is 470 g/mol. The fraction of sp³-hybridized carbons (Fsp3) is 0.333.